The molecule has 2 nitrogen and oxygen atoms in total. The summed E-state index contributed by atoms with van der Waals surface area (Å²) < 4.78 is 2.54. The van der Waals surface area contributed by atoms with Gasteiger partial charge in [0.2, 0.25) is 0 Å². The Labute approximate surface area is 422 Å². The third-order valence-corrected chi connectivity index (χ3v) is 16.3. The lowest BCUT2D eigenvalue weighted by Gasteiger charge is -2.33. The minimum atomic E-state index is -0.545. The van der Waals surface area contributed by atoms with Crippen LogP contribution in [0.3, 0.4) is 0 Å². The van der Waals surface area contributed by atoms with Gasteiger partial charge >= 0.3 is 0 Å². The van der Waals surface area contributed by atoms with E-state index in [-0.39, 0.29) is 0 Å². The first-order valence-electron chi connectivity index (χ1n) is 25.4. The van der Waals surface area contributed by atoms with Crippen LogP contribution in [0.4, 0.5) is 17.1 Å². The van der Waals surface area contributed by atoms with Crippen LogP contribution in [0.5, 0.6) is 0 Å². The van der Waals surface area contributed by atoms with Crippen LogP contribution in [-0.4, -0.2) is 4.57 Å². The van der Waals surface area contributed by atoms with E-state index in [0.717, 1.165) is 28.3 Å². The van der Waals surface area contributed by atoms with Crippen molar-refractivity contribution < 1.29 is 0 Å². The van der Waals surface area contributed by atoms with E-state index in [1.165, 1.54) is 115 Å². The highest BCUT2D eigenvalue weighted by atomic mass is 15.1. The van der Waals surface area contributed by atoms with Crippen LogP contribution in [-0.2, 0) is 5.41 Å². The molecule has 1 aromatic heterocycles. The summed E-state index contributed by atoms with van der Waals surface area (Å²) in [5.41, 5.74) is 19.0. The molecule has 0 N–H and O–H groups in total. The number of anilines is 3. The van der Waals surface area contributed by atoms with Gasteiger partial charge < -0.3 is 9.47 Å². The fraction of sp³-hybridized carbons (Fsp3) is 0.0141. The summed E-state index contributed by atoms with van der Waals surface area (Å²) >= 11 is 0. The summed E-state index contributed by atoms with van der Waals surface area (Å²) in [7, 11) is 0. The molecule has 0 amide bonds. The molecule has 0 saturated carbocycles. The molecule has 0 bridgehead atoms. The van der Waals surface area contributed by atoms with Crippen molar-refractivity contribution in [1.82, 2.24) is 4.57 Å². The summed E-state index contributed by atoms with van der Waals surface area (Å²) in [5.74, 6) is 0. The maximum absolute atomic E-state index is 2.59. The van der Waals surface area contributed by atoms with Crippen molar-refractivity contribution in [2.75, 3.05) is 4.90 Å². The number of hydrogen-bond donors (Lipinski definition) is 0. The van der Waals surface area contributed by atoms with Crippen molar-refractivity contribution in [3.8, 4) is 39.1 Å². The van der Waals surface area contributed by atoms with Crippen molar-refractivity contribution in [3.63, 3.8) is 0 Å². The molecule has 73 heavy (non-hydrogen) atoms. The van der Waals surface area contributed by atoms with E-state index >= 15 is 0 Å². The first-order chi connectivity index (χ1) is 36.3. The molecule has 0 fully saturated rings. The Morgan fingerprint density at radius 1 is 0.260 bits per heavy atom. The van der Waals surface area contributed by atoms with Gasteiger partial charge in [0.05, 0.1) is 22.1 Å². The molecule has 13 aromatic carbocycles. The van der Waals surface area contributed by atoms with Crippen LogP contribution in [0, 0.1) is 0 Å². The summed E-state index contributed by atoms with van der Waals surface area (Å²) in [6.07, 6.45) is 0. The summed E-state index contributed by atoms with van der Waals surface area (Å²) in [6.45, 7) is 0. The van der Waals surface area contributed by atoms with E-state index in [9.17, 15) is 0 Å². The molecule has 0 unspecified atom stereocenters. The molecule has 0 aliphatic heterocycles. The molecule has 0 atom stereocenters. The largest absolute Gasteiger partial charge is 0.310 e. The molecule has 1 spiro atoms. The van der Waals surface area contributed by atoms with Crippen LogP contribution < -0.4 is 4.90 Å². The lowest BCUT2D eigenvalue weighted by molar-refractivity contribution is 0.794. The monoisotopic (exact) mass is 924 g/mol. The predicted octanol–water partition coefficient (Wildman–Crippen LogP) is 18.9. The van der Waals surface area contributed by atoms with E-state index in [1.807, 2.05) is 0 Å². The number of nitrogens with zero attached hydrogens (tertiary/aromatic N) is 2. The minimum Gasteiger partial charge on any atom is -0.310 e. The average Bonchev–Trinajstić information content (AvgIpc) is 4.08. The van der Waals surface area contributed by atoms with Gasteiger partial charge in [-0.1, -0.05) is 218 Å². The third-order valence-electron chi connectivity index (χ3n) is 16.3. The lowest BCUT2D eigenvalue weighted by atomic mass is 9.70. The molecule has 14 aromatic rings. The van der Waals surface area contributed by atoms with Gasteiger partial charge in [0.1, 0.15) is 0 Å². The first-order valence-corrected chi connectivity index (χ1v) is 25.4. The second kappa shape index (κ2) is 15.3. The van der Waals surface area contributed by atoms with Crippen LogP contribution in [0.2, 0.25) is 0 Å². The molecule has 2 heteroatoms. The molecule has 2 aliphatic rings. The minimum absolute atomic E-state index is 0.545. The zero-order chi connectivity index (χ0) is 47.8. The zero-order valence-electron chi connectivity index (χ0n) is 39.8. The van der Waals surface area contributed by atoms with Gasteiger partial charge in [-0.05, 0) is 131 Å². The highest BCUT2D eigenvalue weighted by Gasteiger charge is 2.52. The molecule has 2 aliphatic carbocycles. The van der Waals surface area contributed by atoms with Crippen molar-refractivity contribution in [3.05, 3.63) is 289 Å². The van der Waals surface area contributed by atoms with Crippen LogP contribution in [0.1, 0.15) is 22.3 Å². The van der Waals surface area contributed by atoms with E-state index in [2.05, 4.69) is 276 Å². The Balaban J connectivity index is 1.09. The number of para-hydroxylation sites is 3. The maximum Gasteiger partial charge on any atom is 0.0726 e. The standard InChI is InChI=1S/C71H44N2/c1-3-21-46(22-4-1)72(48-39-41-54-52-28-10-9-26-50(52)51-27-11-12-29-53(51)61(54)42-48)68-44-67-62(57-32-15-18-37-66(57)71(67)64-35-16-13-30-55(64)56-31-14-17-36-65(56)71)43-63(68)59-34-19-33-58-60-40-38-45-20-7-8-25-49(45)69(60)73(70(58)59)47-23-5-2-6-24-47/h1-44H. The van der Waals surface area contributed by atoms with Crippen molar-refractivity contribution in [2.45, 2.75) is 5.41 Å². The molecule has 0 saturated heterocycles. The third kappa shape index (κ3) is 5.47. The van der Waals surface area contributed by atoms with Crippen molar-refractivity contribution >= 4 is 82.0 Å². The Bertz CT molecular complexity index is 4540. The van der Waals surface area contributed by atoms with Crippen LogP contribution in [0.25, 0.3) is 104 Å². The summed E-state index contributed by atoms with van der Waals surface area (Å²) in [6, 6.07) is 100. The normalized spacial score (nSPS) is 13.0. The van der Waals surface area contributed by atoms with Crippen molar-refractivity contribution in [1.29, 1.82) is 0 Å². The Morgan fingerprint density at radius 2 is 0.740 bits per heavy atom. The van der Waals surface area contributed by atoms with Crippen LogP contribution in [0.15, 0.2) is 267 Å². The Kier molecular flexibility index (Phi) is 8.41. The Hall–Kier alpha value is -9.50. The number of fused-ring (bicyclic) bond motifs is 21. The van der Waals surface area contributed by atoms with Crippen molar-refractivity contribution in [2.24, 2.45) is 0 Å². The van der Waals surface area contributed by atoms with Gasteiger partial charge in [0, 0.05) is 44.3 Å². The first kappa shape index (κ1) is 40.3. The highest BCUT2D eigenvalue weighted by Crippen LogP contribution is 2.64. The molecule has 16 rings (SSSR count). The molecule has 1 heterocycles. The molecule has 338 valence electrons. The van der Waals surface area contributed by atoms with E-state index in [1.54, 1.807) is 0 Å². The van der Waals surface area contributed by atoms with Gasteiger partial charge in [-0.25, -0.2) is 0 Å². The molecular weight excluding hydrogens is 881 g/mol. The fourth-order valence-corrected chi connectivity index (χ4v) is 13.4. The van der Waals surface area contributed by atoms with Gasteiger partial charge in [-0.2, -0.15) is 0 Å². The van der Waals surface area contributed by atoms with Gasteiger partial charge in [-0.15, -0.1) is 0 Å². The Morgan fingerprint density at radius 3 is 1.40 bits per heavy atom. The highest BCUT2D eigenvalue weighted by molar-refractivity contribution is 6.26. The number of rotatable bonds is 5. The zero-order valence-corrected chi connectivity index (χ0v) is 39.8. The van der Waals surface area contributed by atoms with Crippen LogP contribution >= 0.6 is 0 Å². The molecule has 0 radical (unpaired) electrons. The van der Waals surface area contributed by atoms with E-state index < -0.39 is 5.41 Å². The second-order valence-electron chi connectivity index (χ2n) is 19.8. The second-order valence-corrected chi connectivity index (χ2v) is 19.8. The van der Waals surface area contributed by atoms with E-state index in [0.29, 0.717) is 0 Å². The average molecular weight is 925 g/mol. The van der Waals surface area contributed by atoms with Gasteiger partial charge in [0.25, 0.3) is 0 Å². The lowest BCUT2D eigenvalue weighted by Crippen LogP contribution is -2.26. The number of aromatic nitrogens is 1. The number of benzene rings is 13. The summed E-state index contributed by atoms with van der Waals surface area (Å²) in [4.78, 5) is 2.55. The predicted molar refractivity (Wildman–Crippen MR) is 307 cm³/mol. The quantitative estimate of drug-likeness (QED) is 0.156. The van der Waals surface area contributed by atoms with Gasteiger partial charge in [-0.3, -0.25) is 0 Å². The molecular formula is C71H44N2. The topological polar surface area (TPSA) is 8.17 Å². The van der Waals surface area contributed by atoms with E-state index in [4.69, 9.17) is 0 Å². The fourth-order valence-electron chi connectivity index (χ4n) is 13.4. The summed E-state index contributed by atoms with van der Waals surface area (Å²) in [5, 5.41) is 12.4. The number of hydrogen-bond acceptors (Lipinski definition) is 1. The SMILES string of the molecule is c1ccc(N(c2ccc3c4ccccc4c4ccccc4c3c2)c2cc3c(cc2-c2cccc4c5ccc6ccccc6c5n(-c5ccccc5)c24)-c2ccccc2C32c3ccccc3-c3ccccc32)cc1. The maximum atomic E-state index is 2.59. The smallest absolute Gasteiger partial charge is 0.0726 e. The van der Waals surface area contributed by atoms with Gasteiger partial charge in [0.15, 0.2) is 0 Å².